The molecule has 4 nitrogen and oxygen atoms in total. The molecule has 0 fully saturated rings. The van der Waals surface area contributed by atoms with Crippen molar-refractivity contribution in [2.45, 2.75) is 25.9 Å². The smallest absolute Gasteiger partial charge is 0.335 e. The number of benzene rings is 3. The second kappa shape index (κ2) is 10.2. The van der Waals surface area contributed by atoms with Gasteiger partial charge in [-0.3, -0.25) is 0 Å². The van der Waals surface area contributed by atoms with Gasteiger partial charge in [0.25, 0.3) is 0 Å². The highest BCUT2D eigenvalue weighted by Gasteiger charge is 2.10. The zero-order valence-corrected chi connectivity index (χ0v) is 17.3. The van der Waals surface area contributed by atoms with E-state index in [9.17, 15) is 9.18 Å². The number of ether oxygens (including phenoxy) is 1. The van der Waals surface area contributed by atoms with E-state index < -0.39 is 5.97 Å². The maximum absolute atomic E-state index is 13.0. The third-order valence-corrected chi connectivity index (χ3v) is 5.08. The topological polar surface area (TPSA) is 58.6 Å². The first-order chi connectivity index (χ1) is 14.4. The molecule has 0 radical (unpaired) electrons. The molecule has 0 aliphatic rings. The summed E-state index contributed by atoms with van der Waals surface area (Å²) in [7, 11) is 0. The van der Waals surface area contributed by atoms with Gasteiger partial charge in [-0.05, 0) is 60.5 Å². The van der Waals surface area contributed by atoms with Gasteiger partial charge in [-0.15, -0.1) is 0 Å². The molecule has 0 aromatic heterocycles. The quantitative estimate of drug-likeness (QED) is 0.463. The molecule has 0 aliphatic carbocycles. The monoisotopic (exact) mass is 427 g/mol. The van der Waals surface area contributed by atoms with Crippen LogP contribution in [0.1, 0.15) is 40.0 Å². The van der Waals surface area contributed by atoms with Crippen molar-refractivity contribution in [3.63, 3.8) is 0 Å². The number of carboxylic acid groups (broad SMARTS) is 1. The summed E-state index contributed by atoms with van der Waals surface area (Å²) in [5, 5.41) is 13.1. The number of nitrogens with one attached hydrogen (secondary N) is 1. The minimum atomic E-state index is -0.941. The number of halogens is 2. The van der Waals surface area contributed by atoms with Crippen LogP contribution in [-0.4, -0.2) is 17.7 Å². The Morgan fingerprint density at radius 1 is 1.10 bits per heavy atom. The lowest BCUT2D eigenvalue weighted by atomic mass is 10.1. The molecule has 1 atom stereocenters. The first-order valence-corrected chi connectivity index (χ1v) is 10.0. The Balaban J connectivity index is 1.60. The maximum atomic E-state index is 13.0. The fourth-order valence-electron chi connectivity index (χ4n) is 3.05. The number of aromatic carboxylic acids is 1. The molecule has 0 saturated carbocycles. The summed E-state index contributed by atoms with van der Waals surface area (Å²) in [6.45, 7) is 3.01. The van der Waals surface area contributed by atoms with Gasteiger partial charge in [0.1, 0.15) is 11.6 Å². The summed E-state index contributed by atoms with van der Waals surface area (Å²) in [6, 6.07) is 18.7. The van der Waals surface area contributed by atoms with Crippen LogP contribution in [0.5, 0.6) is 5.75 Å². The van der Waals surface area contributed by atoms with Gasteiger partial charge in [0.2, 0.25) is 0 Å². The van der Waals surface area contributed by atoms with Gasteiger partial charge < -0.3 is 15.2 Å². The fourth-order valence-corrected chi connectivity index (χ4v) is 3.25. The second-order valence-electron chi connectivity index (χ2n) is 7.01. The van der Waals surface area contributed by atoms with E-state index in [-0.39, 0.29) is 17.4 Å². The van der Waals surface area contributed by atoms with E-state index >= 15 is 0 Å². The van der Waals surface area contributed by atoms with Gasteiger partial charge in [-0.1, -0.05) is 35.9 Å². The maximum Gasteiger partial charge on any atom is 0.335 e. The van der Waals surface area contributed by atoms with Crippen LogP contribution in [0, 0.1) is 5.82 Å². The number of carbonyl (C=O) groups is 1. The molecule has 156 valence electrons. The predicted octanol–water partition coefficient (Wildman–Crippen LogP) is 5.65. The van der Waals surface area contributed by atoms with E-state index in [2.05, 4.69) is 5.32 Å². The van der Waals surface area contributed by atoms with E-state index in [0.717, 1.165) is 22.4 Å². The van der Waals surface area contributed by atoms with Crippen LogP contribution in [0.2, 0.25) is 5.02 Å². The Labute approximate surface area is 180 Å². The molecule has 6 heteroatoms. The van der Waals surface area contributed by atoms with E-state index in [0.29, 0.717) is 24.6 Å². The summed E-state index contributed by atoms with van der Waals surface area (Å²) in [4.78, 5) is 11.0. The van der Waals surface area contributed by atoms with Crippen LogP contribution in [0.4, 0.5) is 4.39 Å². The van der Waals surface area contributed by atoms with Crippen molar-refractivity contribution in [1.82, 2.24) is 5.32 Å². The Morgan fingerprint density at radius 2 is 1.80 bits per heavy atom. The molecule has 2 N–H and O–H groups in total. The molecule has 3 aromatic carbocycles. The van der Waals surface area contributed by atoms with E-state index in [1.54, 1.807) is 42.5 Å². The van der Waals surface area contributed by atoms with Crippen LogP contribution in [0.3, 0.4) is 0 Å². The summed E-state index contributed by atoms with van der Waals surface area (Å²) in [5.74, 6) is -0.455. The van der Waals surface area contributed by atoms with Crippen LogP contribution >= 0.6 is 11.6 Å². The van der Waals surface area contributed by atoms with Gasteiger partial charge in [0, 0.05) is 29.6 Å². The number of rotatable bonds is 9. The minimum absolute atomic E-state index is 0.0129. The fraction of sp³-hybridized carbons (Fsp3) is 0.208. The number of hydrogen-bond donors (Lipinski definition) is 2. The van der Waals surface area contributed by atoms with Gasteiger partial charge >= 0.3 is 5.97 Å². The highest BCUT2D eigenvalue weighted by atomic mass is 35.5. The van der Waals surface area contributed by atoms with E-state index in [1.807, 2.05) is 19.1 Å². The molecule has 0 amide bonds. The summed E-state index contributed by atoms with van der Waals surface area (Å²) in [5.41, 5.74) is 3.18. The molecule has 0 heterocycles. The Bertz CT molecular complexity index is 990. The average Bonchev–Trinajstić information content (AvgIpc) is 2.74. The predicted molar refractivity (Wildman–Crippen MR) is 116 cm³/mol. The third kappa shape index (κ3) is 6.05. The van der Waals surface area contributed by atoms with Gasteiger partial charge in [-0.2, -0.15) is 0 Å². The summed E-state index contributed by atoms with van der Waals surface area (Å²) < 4.78 is 19.0. The molecular weight excluding hydrogens is 405 g/mol. The van der Waals surface area contributed by atoms with Crippen molar-refractivity contribution in [3.05, 3.63) is 99.8 Å². The minimum Gasteiger partial charge on any atom is -0.493 e. The molecular formula is C24H23ClFNO3. The lowest BCUT2D eigenvalue weighted by Crippen LogP contribution is -2.19. The Hall–Kier alpha value is -2.89. The standard InChI is InChI=1S/C24H23ClFNO3/c1-16(18-4-6-19(7-5-18)24(28)29)27-15-20-14-21(25)8-11-23(20)30-13-12-17-2-9-22(26)10-3-17/h2-11,14,16,27H,12-13,15H2,1H3,(H,28,29)/t16-/m0/s1. The lowest BCUT2D eigenvalue weighted by molar-refractivity contribution is 0.0697. The van der Waals surface area contributed by atoms with E-state index in [4.69, 9.17) is 21.4 Å². The second-order valence-corrected chi connectivity index (χ2v) is 7.44. The number of hydrogen-bond acceptors (Lipinski definition) is 3. The van der Waals surface area contributed by atoms with Crippen molar-refractivity contribution in [2.75, 3.05) is 6.61 Å². The van der Waals surface area contributed by atoms with Gasteiger partial charge in [-0.25, -0.2) is 9.18 Å². The summed E-state index contributed by atoms with van der Waals surface area (Å²) >= 11 is 6.17. The molecule has 0 saturated heterocycles. The molecule has 0 unspecified atom stereocenters. The zero-order chi connectivity index (χ0) is 21.5. The largest absolute Gasteiger partial charge is 0.493 e. The molecule has 30 heavy (non-hydrogen) atoms. The molecule has 0 spiro atoms. The van der Waals surface area contributed by atoms with Crippen molar-refractivity contribution in [2.24, 2.45) is 0 Å². The normalized spacial score (nSPS) is 11.8. The highest BCUT2D eigenvalue weighted by molar-refractivity contribution is 6.30. The molecule has 3 aromatic rings. The Morgan fingerprint density at radius 3 is 2.47 bits per heavy atom. The average molecular weight is 428 g/mol. The first-order valence-electron chi connectivity index (χ1n) is 9.64. The van der Waals surface area contributed by atoms with Crippen LogP contribution in [-0.2, 0) is 13.0 Å². The Kier molecular flexibility index (Phi) is 7.44. The van der Waals surface area contributed by atoms with Gasteiger partial charge in [0.15, 0.2) is 0 Å². The summed E-state index contributed by atoms with van der Waals surface area (Å²) in [6.07, 6.45) is 0.669. The first kappa shape index (κ1) is 21.8. The van der Waals surface area contributed by atoms with Crippen molar-refractivity contribution >= 4 is 17.6 Å². The highest BCUT2D eigenvalue weighted by Crippen LogP contribution is 2.24. The van der Waals surface area contributed by atoms with Crippen LogP contribution in [0.25, 0.3) is 0 Å². The van der Waals surface area contributed by atoms with Crippen LogP contribution < -0.4 is 10.1 Å². The SMILES string of the molecule is C[C@H](NCc1cc(Cl)ccc1OCCc1ccc(F)cc1)c1ccc(C(=O)O)cc1. The lowest BCUT2D eigenvalue weighted by Gasteiger charge is -2.17. The molecule has 0 bridgehead atoms. The van der Waals surface area contributed by atoms with Gasteiger partial charge in [0.05, 0.1) is 12.2 Å². The van der Waals surface area contributed by atoms with Crippen LogP contribution in [0.15, 0.2) is 66.7 Å². The molecule has 0 aliphatic heterocycles. The van der Waals surface area contributed by atoms with E-state index in [1.165, 1.54) is 12.1 Å². The third-order valence-electron chi connectivity index (χ3n) is 4.84. The number of carboxylic acids is 1. The molecule has 3 rings (SSSR count). The van der Waals surface area contributed by atoms with Crippen molar-refractivity contribution in [3.8, 4) is 5.75 Å². The van der Waals surface area contributed by atoms with Crippen molar-refractivity contribution in [1.29, 1.82) is 0 Å². The van der Waals surface area contributed by atoms with Crippen molar-refractivity contribution < 1.29 is 19.0 Å². The zero-order valence-electron chi connectivity index (χ0n) is 16.6.